The summed E-state index contributed by atoms with van der Waals surface area (Å²) >= 11 is 1.41. The summed E-state index contributed by atoms with van der Waals surface area (Å²) < 4.78 is 43.3. The summed E-state index contributed by atoms with van der Waals surface area (Å²) in [4.78, 5) is 25.3. The van der Waals surface area contributed by atoms with Crippen molar-refractivity contribution in [3.63, 3.8) is 0 Å². The molecule has 2 aromatic carbocycles. The molecule has 0 spiro atoms. The van der Waals surface area contributed by atoms with E-state index in [1.807, 2.05) is 17.6 Å². The maximum absolute atomic E-state index is 13.7. The Bertz CT molecular complexity index is 1840. The largest absolute Gasteiger partial charge is 0.434 e. The average molecular weight is 583 g/mol. The van der Waals surface area contributed by atoms with Gasteiger partial charge in [-0.15, -0.1) is 11.3 Å². The SMILES string of the molecule is Cc1ncc(-c2cc3nc(C(C)(C)C)n(-c4cc(N5CCOCC5)c5c(c4)n(C)c(=O)n5C)c3cc2OC(F)F)s1. The molecule has 1 aliphatic heterocycles. The van der Waals surface area contributed by atoms with Crippen LogP contribution in [0.15, 0.2) is 35.3 Å². The number of halogens is 2. The minimum Gasteiger partial charge on any atom is -0.434 e. The molecule has 41 heavy (non-hydrogen) atoms. The zero-order valence-corrected chi connectivity index (χ0v) is 24.7. The molecule has 12 heteroatoms. The van der Waals surface area contributed by atoms with Gasteiger partial charge in [-0.1, -0.05) is 20.8 Å². The first-order valence-electron chi connectivity index (χ1n) is 13.4. The van der Waals surface area contributed by atoms with Crippen LogP contribution in [0.2, 0.25) is 0 Å². The highest BCUT2D eigenvalue weighted by atomic mass is 32.1. The van der Waals surface area contributed by atoms with Gasteiger partial charge in [-0.25, -0.2) is 14.8 Å². The standard InChI is InChI=1S/C29H32F2N6O3S/c1-16-32-15-24(41-16)18-13-19-20(14-23(18)40-27(30)31)37(26(33-19)29(2,3)4)17-11-21-25(35(6)28(38)34(21)5)22(12-17)36-7-9-39-10-8-36/h11-15,27H,7-10H2,1-6H3. The van der Waals surface area contributed by atoms with Gasteiger partial charge in [0, 0.05) is 50.4 Å². The second-order valence-electron chi connectivity index (χ2n) is 11.3. The Morgan fingerprint density at radius 3 is 2.41 bits per heavy atom. The highest BCUT2D eigenvalue weighted by molar-refractivity contribution is 7.15. The maximum Gasteiger partial charge on any atom is 0.387 e. The first-order valence-corrected chi connectivity index (χ1v) is 14.2. The third-order valence-electron chi connectivity index (χ3n) is 7.46. The maximum atomic E-state index is 13.7. The van der Waals surface area contributed by atoms with Crippen LogP contribution in [0.1, 0.15) is 31.6 Å². The number of nitrogens with zero attached hydrogens (tertiary/aromatic N) is 6. The number of imidazole rings is 2. The van der Waals surface area contributed by atoms with E-state index in [2.05, 4.69) is 36.7 Å². The fourth-order valence-electron chi connectivity index (χ4n) is 5.53. The van der Waals surface area contributed by atoms with Crippen molar-refractivity contribution in [1.29, 1.82) is 0 Å². The summed E-state index contributed by atoms with van der Waals surface area (Å²) in [6.07, 6.45) is 1.67. The van der Waals surface area contributed by atoms with E-state index in [-0.39, 0.29) is 11.4 Å². The molecule has 3 aromatic heterocycles. The van der Waals surface area contributed by atoms with Crippen LogP contribution in [0, 0.1) is 6.92 Å². The molecule has 0 saturated carbocycles. The van der Waals surface area contributed by atoms with Crippen molar-refractivity contribution in [1.82, 2.24) is 23.7 Å². The van der Waals surface area contributed by atoms with Crippen molar-refractivity contribution in [2.75, 3.05) is 31.2 Å². The minimum atomic E-state index is -3.00. The molecule has 0 N–H and O–H groups in total. The van der Waals surface area contributed by atoms with Crippen LogP contribution < -0.4 is 15.3 Å². The number of fused-ring (bicyclic) bond motifs is 2. The van der Waals surface area contributed by atoms with Crippen molar-refractivity contribution >= 4 is 39.1 Å². The number of hydrogen-bond donors (Lipinski definition) is 0. The lowest BCUT2D eigenvalue weighted by atomic mass is 9.95. The van der Waals surface area contributed by atoms with Gasteiger partial charge >= 0.3 is 12.3 Å². The lowest BCUT2D eigenvalue weighted by Crippen LogP contribution is -2.36. The molecule has 0 unspecified atom stereocenters. The lowest BCUT2D eigenvalue weighted by Gasteiger charge is -2.30. The highest BCUT2D eigenvalue weighted by Gasteiger charge is 2.28. The van der Waals surface area contributed by atoms with E-state index in [0.29, 0.717) is 42.9 Å². The smallest absolute Gasteiger partial charge is 0.387 e. The van der Waals surface area contributed by atoms with E-state index in [4.69, 9.17) is 14.5 Å². The fraction of sp³-hybridized carbons (Fsp3) is 0.414. The molecule has 216 valence electrons. The Morgan fingerprint density at radius 1 is 1.05 bits per heavy atom. The number of hydrogen-bond acceptors (Lipinski definition) is 7. The first kappa shape index (κ1) is 27.4. The topological polar surface area (TPSA) is 79.3 Å². The summed E-state index contributed by atoms with van der Waals surface area (Å²) in [6, 6.07) is 7.45. The van der Waals surface area contributed by atoms with Gasteiger partial charge < -0.3 is 14.4 Å². The van der Waals surface area contributed by atoms with E-state index in [0.717, 1.165) is 38.1 Å². The van der Waals surface area contributed by atoms with E-state index < -0.39 is 12.0 Å². The lowest BCUT2D eigenvalue weighted by molar-refractivity contribution is -0.0493. The van der Waals surface area contributed by atoms with Crippen LogP contribution in [0.25, 0.3) is 38.2 Å². The van der Waals surface area contributed by atoms with E-state index in [9.17, 15) is 13.6 Å². The molecule has 5 aromatic rings. The van der Waals surface area contributed by atoms with Gasteiger partial charge in [0.2, 0.25) is 0 Å². The van der Waals surface area contributed by atoms with E-state index >= 15 is 0 Å². The molecule has 0 aliphatic carbocycles. The van der Waals surface area contributed by atoms with Crippen LogP contribution in [-0.2, 0) is 24.2 Å². The second kappa shape index (κ2) is 9.95. The summed E-state index contributed by atoms with van der Waals surface area (Å²) in [5, 5.41) is 0.821. The minimum absolute atomic E-state index is 0.0550. The van der Waals surface area contributed by atoms with Crippen molar-refractivity contribution in [2.45, 2.75) is 39.7 Å². The Kier molecular flexibility index (Phi) is 6.65. The van der Waals surface area contributed by atoms with Gasteiger partial charge in [0.05, 0.1) is 56.5 Å². The number of thiazole rings is 1. The number of rotatable bonds is 5. The number of morpholine rings is 1. The normalized spacial score (nSPS) is 14.6. The molecular formula is C29H32F2N6O3S. The fourth-order valence-corrected chi connectivity index (χ4v) is 6.33. The molecule has 0 atom stereocenters. The van der Waals surface area contributed by atoms with Crippen molar-refractivity contribution in [2.24, 2.45) is 14.1 Å². The van der Waals surface area contributed by atoms with Crippen LogP contribution in [0.5, 0.6) is 5.75 Å². The second-order valence-corrected chi connectivity index (χ2v) is 12.5. The predicted octanol–water partition coefficient (Wildman–Crippen LogP) is 5.38. The predicted molar refractivity (Wildman–Crippen MR) is 157 cm³/mol. The molecular weight excluding hydrogens is 550 g/mol. The van der Waals surface area contributed by atoms with Crippen LogP contribution in [0.4, 0.5) is 14.5 Å². The Labute approximate surface area is 239 Å². The molecule has 0 amide bonds. The molecule has 6 rings (SSSR count). The van der Waals surface area contributed by atoms with Gasteiger partial charge in [0.25, 0.3) is 0 Å². The summed E-state index contributed by atoms with van der Waals surface area (Å²) in [6.45, 7) is 7.60. The highest BCUT2D eigenvalue weighted by Crippen LogP contribution is 2.41. The summed E-state index contributed by atoms with van der Waals surface area (Å²) in [5.74, 6) is 0.806. The number of ether oxygens (including phenoxy) is 2. The number of anilines is 1. The average Bonchev–Trinajstić information content (AvgIpc) is 3.59. The number of benzene rings is 2. The van der Waals surface area contributed by atoms with Gasteiger partial charge in [-0.2, -0.15) is 8.78 Å². The van der Waals surface area contributed by atoms with Gasteiger partial charge in [0.1, 0.15) is 11.6 Å². The van der Waals surface area contributed by atoms with E-state index in [1.54, 1.807) is 41.6 Å². The quantitative estimate of drug-likeness (QED) is 0.277. The Balaban J connectivity index is 1.68. The van der Waals surface area contributed by atoms with E-state index in [1.165, 1.54) is 11.3 Å². The Morgan fingerprint density at radius 2 is 1.78 bits per heavy atom. The monoisotopic (exact) mass is 582 g/mol. The van der Waals surface area contributed by atoms with Crippen LogP contribution in [-0.4, -0.2) is 56.6 Å². The molecule has 1 fully saturated rings. The first-order chi connectivity index (χ1) is 19.4. The molecule has 1 saturated heterocycles. The third kappa shape index (κ3) is 4.68. The zero-order valence-electron chi connectivity index (χ0n) is 23.9. The van der Waals surface area contributed by atoms with Crippen molar-refractivity contribution in [3.05, 3.63) is 51.8 Å². The summed E-state index contributed by atoms with van der Waals surface area (Å²) in [7, 11) is 3.53. The van der Waals surface area contributed by atoms with Crippen LogP contribution in [0.3, 0.4) is 0 Å². The number of aryl methyl sites for hydroxylation is 3. The Hall–Kier alpha value is -3.77. The molecule has 0 bridgehead atoms. The van der Waals surface area contributed by atoms with Crippen LogP contribution >= 0.6 is 11.3 Å². The summed E-state index contributed by atoms with van der Waals surface area (Å²) in [5.41, 5.74) is 4.53. The molecule has 1 aliphatic rings. The third-order valence-corrected chi connectivity index (χ3v) is 8.41. The van der Waals surface area contributed by atoms with Crippen molar-refractivity contribution in [3.8, 4) is 21.9 Å². The van der Waals surface area contributed by atoms with Gasteiger partial charge in [0.15, 0.2) is 0 Å². The van der Waals surface area contributed by atoms with Gasteiger partial charge in [-0.3, -0.25) is 13.7 Å². The molecule has 9 nitrogen and oxygen atoms in total. The number of alkyl halides is 2. The zero-order chi connectivity index (χ0) is 29.2. The van der Waals surface area contributed by atoms with Crippen molar-refractivity contribution < 1.29 is 18.3 Å². The number of aromatic nitrogens is 5. The molecule has 0 radical (unpaired) electrons. The molecule has 4 heterocycles. The van der Waals surface area contributed by atoms with Gasteiger partial charge in [-0.05, 0) is 25.1 Å².